The average molecular weight is 208 g/mol. The van der Waals surface area contributed by atoms with E-state index in [1.165, 1.54) is 7.11 Å². The van der Waals surface area contributed by atoms with Gasteiger partial charge in [-0.15, -0.1) is 0 Å². The molecule has 3 heteroatoms. The highest BCUT2D eigenvalue weighted by atomic mass is 16.5. The fraction of sp³-hybridized carbons (Fsp3) is 0.417. The van der Waals surface area contributed by atoms with Gasteiger partial charge in [0.25, 0.3) is 0 Å². The molecule has 0 fully saturated rings. The standard InChI is InChI=1S/C12H16O3/c1-8-4-5-10(9(2)6-8)11(7-15-3)12(13)14/h4-6,11H,7H2,1-3H3,(H,13,14). The molecule has 1 N–H and O–H groups in total. The van der Waals surface area contributed by atoms with Crippen molar-refractivity contribution in [1.29, 1.82) is 0 Å². The Labute approximate surface area is 89.7 Å². The van der Waals surface area contributed by atoms with Crippen LogP contribution in [0.25, 0.3) is 0 Å². The van der Waals surface area contributed by atoms with Gasteiger partial charge < -0.3 is 9.84 Å². The van der Waals surface area contributed by atoms with Crippen LogP contribution in [0.1, 0.15) is 22.6 Å². The Balaban J connectivity index is 3.05. The van der Waals surface area contributed by atoms with Crippen molar-refractivity contribution in [3.05, 3.63) is 34.9 Å². The number of carbonyl (C=O) groups is 1. The molecule has 0 amide bonds. The van der Waals surface area contributed by atoms with Crippen LogP contribution in [0.15, 0.2) is 18.2 Å². The molecule has 1 rings (SSSR count). The average Bonchev–Trinajstić information content (AvgIpc) is 2.15. The van der Waals surface area contributed by atoms with Crippen molar-refractivity contribution in [2.24, 2.45) is 0 Å². The smallest absolute Gasteiger partial charge is 0.313 e. The Morgan fingerprint density at radius 1 is 1.47 bits per heavy atom. The van der Waals surface area contributed by atoms with Crippen molar-refractivity contribution in [3.8, 4) is 0 Å². The number of hydrogen-bond donors (Lipinski definition) is 1. The highest BCUT2D eigenvalue weighted by molar-refractivity contribution is 5.76. The van der Waals surface area contributed by atoms with Gasteiger partial charge in [-0.25, -0.2) is 0 Å². The van der Waals surface area contributed by atoms with Gasteiger partial charge in [0.15, 0.2) is 0 Å². The van der Waals surface area contributed by atoms with E-state index in [0.29, 0.717) is 0 Å². The molecule has 0 saturated heterocycles. The molecule has 0 radical (unpaired) electrons. The van der Waals surface area contributed by atoms with E-state index < -0.39 is 11.9 Å². The number of aliphatic carboxylic acids is 1. The Bertz CT molecular complexity index is 358. The van der Waals surface area contributed by atoms with Crippen LogP contribution in [0, 0.1) is 13.8 Å². The molecule has 1 aromatic carbocycles. The predicted molar refractivity (Wildman–Crippen MR) is 58.2 cm³/mol. The van der Waals surface area contributed by atoms with E-state index in [1.807, 2.05) is 32.0 Å². The third-order valence-electron chi connectivity index (χ3n) is 2.43. The SMILES string of the molecule is COCC(C(=O)O)c1ccc(C)cc1C. The van der Waals surface area contributed by atoms with Gasteiger partial charge in [-0.3, -0.25) is 4.79 Å². The second-order valence-electron chi connectivity index (χ2n) is 3.71. The van der Waals surface area contributed by atoms with E-state index in [1.54, 1.807) is 0 Å². The molecule has 82 valence electrons. The Kier molecular flexibility index (Phi) is 3.86. The van der Waals surface area contributed by atoms with Crippen LogP contribution in [0.3, 0.4) is 0 Å². The van der Waals surface area contributed by atoms with Gasteiger partial charge in [0.05, 0.1) is 6.61 Å². The van der Waals surface area contributed by atoms with E-state index in [4.69, 9.17) is 9.84 Å². The quantitative estimate of drug-likeness (QED) is 0.824. The first-order valence-electron chi connectivity index (χ1n) is 4.85. The molecule has 0 aliphatic rings. The lowest BCUT2D eigenvalue weighted by Crippen LogP contribution is -2.18. The van der Waals surface area contributed by atoms with Crippen LogP contribution < -0.4 is 0 Å². The summed E-state index contributed by atoms with van der Waals surface area (Å²) in [6, 6.07) is 5.78. The van der Waals surface area contributed by atoms with E-state index in [2.05, 4.69) is 0 Å². The molecule has 0 saturated carbocycles. The molecule has 1 atom stereocenters. The maximum atomic E-state index is 11.0. The number of methoxy groups -OCH3 is 1. The van der Waals surface area contributed by atoms with Crippen molar-refractivity contribution in [3.63, 3.8) is 0 Å². The van der Waals surface area contributed by atoms with Gasteiger partial charge in [0.1, 0.15) is 5.92 Å². The molecule has 15 heavy (non-hydrogen) atoms. The van der Waals surface area contributed by atoms with Crippen molar-refractivity contribution in [2.45, 2.75) is 19.8 Å². The second kappa shape index (κ2) is 4.94. The summed E-state index contributed by atoms with van der Waals surface area (Å²) in [6.07, 6.45) is 0. The van der Waals surface area contributed by atoms with Crippen LogP contribution >= 0.6 is 0 Å². The molecular formula is C12H16O3. The number of hydrogen-bond acceptors (Lipinski definition) is 2. The highest BCUT2D eigenvalue weighted by Crippen LogP contribution is 2.21. The van der Waals surface area contributed by atoms with Gasteiger partial charge >= 0.3 is 5.97 Å². The number of aryl methyl sites for hydroxylation is 2. The minimum atomic E-state index is -0.844. The maximum absolute atomic E-state index is 11.0. The largest absolute Gasteiger partial charge is 0.481 e. The fourth-order valence-corrected chi connectivity index (χ4v) is 1.68. The van der Waals surface area contributed by atoms with Gasteiger partial charge in [-0.1, -0.05) is 23.8 Å². The summed E-state index contributed by atoms with van der Waals surface area (Å²) in [7, 11) is 1.51. The van der Waals surface area contributed by atoms with E-state index in [0.717, 1.165) is 16.7 Å². The van der Waals surface area contributed by atoms with Crippen LogP contribution in [0.4, 0.5) is 0 Å². The van der Waals surface area contributed by atoms with Gasteiger partial charge in [-0.2, -0.15) is 0 Å². The molecule has 0 aromatic heterocycles. The molecule has 1 aromatic rings. The Morgan fingerprint density at radius 3 is 2.60 bits per heavy atom. The van der Waals surface area contributed by atoms with Gasteiger partial charge in [0.2, 0.25) is 0 Å². The third-order valence-corrected chi connectivity index (χ3v) is 2.43. The van der Waals surface area contributed by atoms with Crippen LogP contribution in [-0.2, 0) is 9.53 Å². The van der Waals surface area contributed by atoms with Crippen molar-refractivity contribution in [1.82, 2.24) is 0 Å². The third kappa shape index (κ3) is 2.80. The summed E-state index contributed by atoms with van der Waals surface area (Å²) in [6.45, 7) is 4.12. The maximum Gasteiger partial charge on any atom is 0.313 e. The lowest BCUT2D eigenvalue weighted by atomic mass is 9.94. The highest BCUT2D eigenvalue weighted by Gasteiger charge is 2.21. The summed E-state index contributed by atoms with van der Waals surface area (Å²) < 4.78 is 4.92. The van der Waals surface area contributed by atoms with Crippen molar-refractivity contribution < 1.29 is 14.6 Å². The van der Waals surface area contributed by atoms with Gasteiger partial charge in [0, 0.05) is 7.11 Å². The lowest BCUT2D eigenvalue weighted by Gasteiger charge is -2.14. The van der Waals surface area contributed by atoms with E-state index in [-0.39, 0.29) is 6.61 Å². The van der Waals surface area contributed by atoms with Crippen molar-refractivity contribution in [2.75, 3.05) is 13.7 Å². The molecule has 0 heterocycles. The predicted octanol–water partition coefficient (Wildman–Crippen LogP) is 2.12. The van der Waals surface area contributed by atoms with Crippen LogP contribution in [0.2, 0.25) is 0 Å². The van der Waals surface area contributed by atoms with Gasteiger partial charge in [-0.05, 0) is 25.0 Å². The van der Waals surface area contributed by atoms with Crippen LogP contribution in [0.5, 0.6) is 0 Å². The summed E-state index contributed by atoms with van der Waals surface area (Å²) in [5.41, 5.74) is 2.97. The Hall–Kier alpha value is -1.35. The van der Waals surface area contributed by atoms with E-state index >= 15 is 0 Å². The van der Waals surface area contributed by atoms with Crippen molar-refractivity contribution >= 4 is 5.97 Å². The summed E-state index contributed by atoms with van der Waals surface area (Å²) >= 11 is 0. The molecule has 0 bridgehead atoms. The molecular weight excluding hydrogens is 192 g/mol. The summed E-state index contributed by atoms with van der Waals surface area (Å²) in [5, 5.41) is 9.07. The first-order chi connectivity index (χ1) is 7.06. The molecule has 0 spiro atoms. The van der Waals surface area contributed by atoms with E-state index in [9.17, 15) is 4.79 Å². The number of ether oxygens (including phenoxy) is 1. The molecule has 1 unspecified atom stereocenters. The lowest BCUT2D eigenvalue weighted by molar-refractivity contribution is -0.140. The minimum absolute atomic E-state index is 0.208. The zero-order valence-corrected chi connectivity index (χ0v) is 9.28. The zero-order valence-electron chi connectivity index (χ0n) is 9.28. The number of carboxylic acid groups (broad SMARTS) is 1. The summed E-state index contributed by atoms with van der Waals surface area (Å²) in [4.78, 5) is 11.0. The first-order valence-corrected chi connectivity index (χ1v) is 4.85. The molecule has 0 aliphatic heterocycles. The topological polar surface area (TPSA) is 46.5 Å². The normalized spacial score (nSPS) is 12.5. The zero-order chi connectivity index (χ0) is 11.4. The number of rotatable bonds is 4. The summed E-state index contributed by atoms with van der Waals surface area (Å²) in [5.74, 6) is -1.42. The number of carboxylic acids is 1. The first kappa shape index (κ1) is 11.7. The monoisotopic (exact) mass is 208 g/mol. The number of benzene rings is 1. The fourth-order valence-electron chi connectivity index (χ4n) is 1.68. The minimum Gasteiger partial charge on any atom is -0.481 e. The van der Waals surface area contributed by atoms with Crippen LogP contribution in [-0.4, -0.2) is 24.8 Å². The molecule has 0 aliphatic carbocycles. The Morgan fingerprint density at radius 2 is 2.13 bits per heavy atom. The second-order valence-corrected chi connectivity index (χ2v) is 3.71. The molecule has 3 nitrogen and oxygen atoms in total.